The molecule has 29 heavy (non-hydrogen) atoms. The first kappa shape index (κ1) is 18.1. The highest BCUT2D eigenvalue weighted by Crippen LogP contribution is 2.40. The van der Waals surface area contributed by atoms with Crippen molar-refractivity contribution >= 4 is 29.3 Å². The van der Waals surface area contributed by atoms with E-state index in [0.717, 1.165) is 12.8 Å². The van der Waals surface area contributed by atoms with Crippen LogP contribution in [0.15, 0.2) is 29.3 Å². The first-order valence-electron chi connectivity index (χ1n) is 8.82. The van der Waals surface area contributed by atoms with Gasteiger partial charge in [-0.1, -0.05) is 12.1 Å². The summed E-state index contributed by atoms with van der Waals surface area (Å²) in [5.41, 5.74) is 13.4. The summed E-state index contributed by atoms with van der Waals surface area (Å²) in [6.07, 6.45) is 3.52. The number of ether oxygens (including phenoxy) is 1. The summed E-state index contributed by atoms with van der Waals surface area (Å²) in [6.45, 7) is 0. The highest BCUT2D eigenvalue weighted by Gasteiger charge is 2.32. The molecule has 1 fully saturated rings. The molecular formula is C19H16N8O2. The summed E-state index contributed by atoms with van der Waals surface area (Å²) in [7, 11) is 0. The van der Waals surface area contributed by atoms with Crippen molar-refractivity contribution in [3.8, 4) is 18.0 Å². The number of nitrogens with two attached hydrogens (primary N) is 2. The summed E-state index contributed by atoms with van der Waals surface area (Å²) in [4.78, 5) is 20.5. The zero-order chi connectivity index (χ0) is 20.5. The zero-order valence-electron chi connectivity index (χ0n) is 15.1. The fraction of sp³-hybridized carbons (Fsp3) is 0.211. The second-order valence-electron chi connectivity index (χ2n) is 6.67. The van der Waals surface area contributed by atoms with Crippen molar-refractivity contribution in [3.63, 3.8) is 0 Å². The van der Waals surface area contributed by atoms with Gasteiger partial charge in [-0.3, -0.25) is 10.1 Å². The van der Waals surface area contributed by atoms with E-state index in [2.05, 4.69) is 20.6 Å². The normalized spacial score (nSPS) is 17.0. The first-order chi connectivity index (χ1) is 14.0. The smallest absolute Gasteiger partial charge is 0.314 e. The van der Waals surface area contributed by atoms with Crippen molar-refractivity contribution in [2.24, 2.45) is 10.9 Å². The number of guanidine groups is 1. The number of pyridine rings is 1. The molecule has 1 atom stereocenters. The van der Waals surface area contributed by atoms with Crippen molar-refractivity contribution < 1.29 is 9.53 Å². The third kappa shape index (κ3) is 3.35. The van der Waals surface area contributed by atoms with E-state index in [4.69, 9.17) is 21.5 Å². The fourth-order valence-corrected chi connectivity index (χ4v) is 3.06. The largest absolute Gasteiger partial charge is 0.426 e. The molecule has 1 aliphatic carbocycles. The van der Waals surface area contributed by atoms with Crippen LogP contribution in [0.25, 0.3) is 0 Å². The standard InChI is InChI=1S/C19H16N8O2/c20-7-12-14(22)13-15(25-19(24-8-21)27-17(13)26-16(12)23)9-3-5-11(6-4-9)29-18(28)10-1-2-10/h3-6,10,15H,1-2H2,(H6,22,23,24,25,26,27). The van der Waals surface area contributed by atoms with Gasteiger partial charge in [0.2, 0.25) is 5.96 Å². The van der Waals surface area contributed by atoms with E-state index in [1.165, 1.54) is 0 Å². The SMILES string of the molecule is N#CNC1=NC(c2ccc(OC(=O)C3CC3)cc2)c2c(nc(N)c(C#N)c2N)N1. The topological polar surface area (TPSA) is 175 Å². The predicted octanol–water partition coefficient (Wildman–Crippen LogP) is 1.37. The molecule has 1 saturated carbocycles. The Kier molecular flexibility index (Phi) is 4.37. The number of nitrogens with zero attached hydrogens (tertiary/aromatic N) is 4. The second-order valence-corrected chi connectivity index (χ2v) is 6.67. The Bertz CT molecular complexity index is 1110. The van der Waals surface area contributed by atoms with Gasteiger partial charge in [0.05, 0.1) is 11.6 Å². The van der Waals surface area contributed by atoms with Gasteiger partial charge >= 0.3 is 5.97 Å². The van der Waals surface area contributed by atoms with Crippen molar-refractivity contribution in [3.05, 3.63) is 41.0 Å². The summed E-state index contributed by atoms with van der Waals surface area (Å²) in [6, 6.07) is 8.12. The maximum atomic E-state index is 11.8. The number of hydrogen-bond acceptors (Lipinski definition) is 10. The number of benzene rings is 1. The molecule has 10 nitrogen and oxygen atoms in total. The van der Waals surface area contributed by atoms with E-state index in [9.17, 15) is 10.1 Å². The first-order valence-corrected chi connectivity index (χ1v) is 8.82. The molecule has 1 aliphatic heterocycles. The maximum Gasteiger partial charge on any atom is 0.314 e. The van der Waals surface area contributed by atoms with Crippen molar-refractivity contribution in [2.75, 3.05) is 16.8 Å². The van der Waals surface area contributed by atoms with Gasteiger partial charge in [-0.2, -0.15) is 10.5 Å². The lowest BCUT2D eigenvalue weighted by Gasteiger charge is -2.26. The fourth-order valence-electron chi connectivity index (χ4n) is 3.06. The summed E-state index contributed by atoms with van der Waals surface area (Å²) >= 11 is 0. The van der Waals surface area contributed by atoms with Gasteiger partial charge in [0, 0.05) is 5.56 Å². The molecule has 0 saturated heterocycles. The lowest BCUT2D eigenvalue weighted by Crippen LogP contribution is -2.32. The number of nitrogen functional groups attached to an aromatic ring is 2. The van der Waals surface area contributed by atoms with Crippen LogP contribution in [0, 0.1) is 28.7 Å². The predicted molar refractivity (Wildman–Crippen MR) is 104 cm³/mol. The van der Waals surface area contributed by atoms with Crippen LogP contribution in [0.4, 0.5) is 17.3 Å². The molecule has 10 heteroatoms. The van der Waals surface area contributed by atoms with Gasteiger partial charge < -0.3 is 21.5 Å². The molecule has 0 bridgehead atoms. The van der Waals surface area contributed by atoms with Crippen LogP contribution in [0.1, 0.15) is 35.6 Å². The minimum absolute atomic E-state index is 0.00378. The zero-order valence-corrected chi connectivity index (χ0v) is 15.1. The third-order valence-corrected chi connectivity index (χ3v) is 4.68. The number of carbonyl (C=O) groups excluding carboxylic acids is 1. The van der Waals surface area contributed by atoms with E-state index in [1.54, 1.807) is 30.5 Å². The molecule has 0 radical (unpaired) electrons. The number of rotatable bonds is 3. The molecule has 144 valence electrons. The number of fused-ring (bicyclic) bond motifs is 1. The van der Waals surface area contributed by atoms with Crippen LogP contribution in [-0.2, 0) is 4.79 Å². The Morgan fingerprint density at radius 3 is 2.59 bits per heavy atom. The Balaban J connectivity index is 1.73. The van der Waals surface area contributed by atoms with Gasteiger partial charge in [0.1, 0.15) is 35.1 Å². The highest BCUT2D eigenvalue weighted by molar-refractivity contribution is 5.98. The van der Waals surface area contributed by atoms with Crippen molar-refractivity contribution in [2.45, 2.75) is 18.9 Å². The molecule has 2 aliphatic rings. The van der Waals surface area contributed by atoms with E-state index in [1.807, 2.05) is 6.07 Å². The Morgan fingerprint density at radius 2 is 1.97 bits per heavy atom. The maximum absolute atomic E-state index is 11.8. The summed E-state index contributed by atoms with van der Waals surface area (Å²) in [5.74, 6) is 0.657. The minimum atomic E-state index is -0.643. The molecule has 0 amide bonds. The number of esters is 1. The number of carbonyl (C=O) groups is 1. The van der Waals surface area contributed by atoms with E-state index >= 15 is 0 Å². The third-order valence-electron chi connectivity index (χ3n) is 4.68. The quantitative estimate of drug-likeness (QED) is 0.262. The molecule has 6 N–H and O–H groups in total. The van der Waals surface area contributed by atoms with Gasteiger partial charge in [-0.25, -0.2) is 9.98 Å². The molecule has 1 unspecified atom stereocenters. The highest BCUT2D eigenvalue weighted by atomic mass is 16.5. The molecule has 4 rings (SSSR count). The van der Waals surface area contributed by atoms with Crippen molar-refractivity contribution in [1.82, 2.24) is 10.3 Å². The Morgan fingerprint density at radius 1 is 1.24 bits per heavy atom. The van der Waals surface area contributed by atoms with E-state index in [-0.39, 0.29) is 34.9 Å². The van der Waals surface area contributed by atoms with Gasteiger partial charge in [-0.15, -0.1) is 0 Å². The Hall–Kier alpha value is -4.31. The average Bonchev–Trinajstić information content (AvgIpc) is 3.54. The number of nitriles is 2. The van der Waals surface area contributed by atoms with E-state index in [0.29, 0.717) is 22.7 Å². The second kappa shape index (κ2) is 7.02. The Labute approximate surface area is 165 Å². The van der Waals surface area contributed by atoms with Crippen molar-refractivity contribution in [1.29, 1.82) is 10.5 Å². The number of nitrogens with one attached hydrogen (secondary N) is 2. The minimum Gasteiger partial charge on any atom is -0.426 e. The molecule has 1 aromatic carbocycles. The van der Waals surface area contributed by atoms with Crippen LogP contribution in [-0.4, -0.2) is 16.9 Å². The van der Waals surface area contributed by atoms with Gasteiger partial charge in [-0.05, 0) is 30.5 Å². The average molecular weight is 388 g/mol. The molecule has 2 aromatic rings. The lowest BCUT2D eigenvalue weighted by atomic mass is 9.95. The molecule has 2 heterocycles. The van der Waals surface area contributed by atoms with Crippen LogP contribution in [0.5, 0.6) is 5.75 Å². The number of anilines is 3. The summed E-state index contributed by atoms with van der Waals surface area (Å²) in [5, 5.41) is 23.6. The molecule has 1 aromatic heterocycles. The van der Waals surface area contributed by atoms with Crippen LogP contribution >= 0.6 is 0 Å². The summed E-state index contributed by atoms with van der Waals surface area (Å²) < 4.78 is 5.35. The number of hydrogen-bond donors (Lipinski definition) is 4. The van der Waals surface area contributed by atoms with Crippen LogP contribution < -0.4 is 26.8 Å². The lowest BCUT2D eigenvalue weighted by molar-refractivity contribution is -0.135. The monoisotopic (exact) mass is 388 g/mol. The number of aliphatic imine (C=N–C) groups is 1. The van der Waals surface area contributed by atoms with Gasteiger partial charge in [0.25, 0.3) is 0 Å². The van der Waals surface area contributed by atoms with Crippen LogP contribution in [0.3, 0.4) is 0 Å². The van der Waals surface area contributed by atoms with Gasteiger partial charge in [0.15, 0.2) is 6.19 Å². The number of aromatic nitrogens is 1. The van der Waals surface area contributed by atoms with Crippen LogP contribution in [0.2, 0.25) is 0 Å². The van der Waals surface area contributed by atoms with E-state index < -0.39 is 6.04 Å². The molecule has 0 spiro atoms. The molecular weight excluding hydrogens is 372 g/mol.